The Bertz CT molecular complexity index is 812. The summed E-state index contributed by atoms with van der Waals surface area (Å²) in [5, 5.41) is -0.716. The molecular weight excluding hydrogens is 404 g/mol. The van der Waals surface area contributed by atoms with Crippen LogP contribution in [0.3, 0.4) is 0 Å². The summed E-state index contributed by atoms with van der Waals surface area (Å²) >= 11 is 1.00. The van der Waals surface area contributed by atoms with E-state index < -0.39 is 29.1 Å². The maximum Gasteiger partial charge on any atom is 0.326 e. The van der Waals surface area contributed by atoms with Gasteiger partial charge in [-0.3, -0.25) is 24.1 Å². The number of nitrogens with zero attached hydrogens (tertiary/aromatic N) is 1. The molecule has 1 aromatic rings. The Morgan fingerprint density at radius 1 is 1.27 bits per heavy atom. The first-order chi connectivity index (χ1) is 14.2. The number of para-hydroxylation sites is 1. The summed E-state index contributed by atoms with van der Waals surface area (Å²) in [4.78, 5) is 51.8. The minimum atomic E-state index is -1.11. The molecule has 4 atom stereocenters. The lowest BCUT2D eigenvalue weighted by Crippen LogP contribution is -2.52. The summed E-state index contributed by atoms with van der Waals surface area (Å²) in [6.07, 6.45) is 0.991. The van der Waals surface area contributed by atoms with E-state index >= 15 is 0 Å². The Morgan fingerprint density at radius 2 is 1.93 bits per heavy atom. The fourth-order valence-corrected chi connectivity index (χ4v) is 4.69. The molecular formula is C22H30N2O5S. The number of nitrogens with two attached hydrogens (primary N) is 1. The van der Waals surface area contributed by atoms with Crippen molar-refractivity contribution in [3.8, 4) is 0 Å². The Morgan fingerprint density at radius 3 is 2.53 bits per heavy atom. The van der Waals surface area contributed by atoms with E-state index in [1.54, 1.807) is 19.1 Å². The van der Waals surface area contributed by atoms with Crippen LogP contribution in [0.15, 0.2) is 24.3 Å². The molecule has 0 radical (unpaired) electrons. The third-order valence-electron chi connectivity index (χ3n) is 5.40. The Balaban J connectivity index is 2.43. The van der Waals surface area contributed by atoms with Crippen LogP contribution in [-0.2, 0) is 30.3 Å². The molecule has 1 aromatic carbocycles. The third-order valence-corrected chi connectivity index (χ3v) is 6.68. The van der Waals surface area contributed by atoms with E-state index in [0.29, 0.717) is 5.69 Å². The van der Waals surface area contributed by atoms with Crippen LogP contribution in [0.5, 0.6) is 0 Å². The van der Waals surface area contributed by atoms with E-state index in [1.807, 2.05) is 26.0 Å². The largest absolute Gasteiger partial charge is 0.465 e. The summed E-state index contributed by atoms with van der Waals surface area (Å²) in [7, 11) is 0. The highest BCUT2D eigenvalue weighted by Crippen LogP contribution is 2.34. The van der Waals surface area contributed by atoms with E-state index in [2.05, 4.69) is 0 Å². The van der Waals surface area contributed by atoms with Crippen molar-refractivity contribution < 1.29 is 23.9 Å². The number of amides is 1. The first kappa shape index (κ1) is 24.1. The number of hydrogen-bond donors (Lipinski definition) is 1. The number of thioether (sulfide) groups is 1. The third kappa shape index (κ3) is 5.49. The number of ether oxygens (including phenoxy) is 1. The van der Waals surface area contributed by atoms with Gasteiger partial charge in [0.1, 0.15) is 6.54 Å². The number of hydrogen-bond acceptors (Lipinski definition) is 7. The highest BCUT2D eigenvalue weighted by atomic mass is 32.2. The fraction of sp³-hybridized carbons (Fsp3) is 0.545. The van der Waals surface area contributed by atoms with Gasteiger partial charge in [0.25, 0.3) is 0 Å². The van der Waals surface area contributed by atoms with Gasteiger partial charge in [0.15, 0.2) is 10.9 Å². The lowest BCUT2D eigenvalue weighted by atomic mass is 9.84. The quantitative estimate of drug-likeness (QED) is 0.626. The van der Waals surface area contributed by atoms with Gasteiger partial charge >= 0.3 is 5.97 Å². The topological polar surface area (TPSA) is 107 Å². The number of carbonyl (C=O) groups excluding carboxylic acids is 4. The van der Waals surface area contributed by atoms with Gasteiger partial charge in [0.05, 0.1) is 17.9 Å². The predicted octanol–water partition coefficient (Wildman–Crippen LogP) is 2.35. The molecule has 0 bridgehead atoms. The molecule has 0 aliphatic carbocycles. The number of fused-ring (bicyclic) bond motifs is 1. The van der Waals surface area contributed by atoms with Crippen molar-refractivity contribution in [1.82, 2.24) is 0 Å². The average molecular weight is 435 g/mol. The van der Waals surface area contributed by atoms with Crippen molar-refractivity contribution in [3.05, 3.63) is 29.8 Å². The van der Waals surface area contributed by atoms with Crippen LogP contribution in [0, 0.1) is 11.8 Å². The minimum absolute atomic E-state index is 0.0390. The highest BCUT2D eigenvalue weighted by molar-refractivity contribution is 8.14. The normalized spacial score (nSPS) is 20.7. The van der Waals surface area contributed by atoms with Crippen molar-refractivity contribution in [1.29, 1.82) is 0 Å². The second kappa shape index (κ2) is 10.7. The summed E-state index contributed by atoms with van der Waals surface area (Å²) in [6.45, 7) is 6.94. The molecule has 1 aliphatic heterocycles. The molecule has 0 saturated heterocycles. The zero-order valence-corrected chi connectivity index (χ0v) is 18.7. The number of ketones is 1. The molecule has 2 N–H and O–H groups in total. The highest BCUT2D eigenvalue weighted by Gasteiger charge is 2.42. The van der Waals surface area contributed by atoms with Crippen LogP contribution < -0.4 is 10.6 Å². The van der Waals surface area contributed by atoms with Crippen molar-refractivity contribution in [2.45, 2.75) is 51.8 Å². The van der Waals surface area contributed by atoms with E-state index in [0.717, 1.165) is 23.7 Å². The molecule has 1 amide bonds. The van der Waals surface area contributed by atoms with Gasteiger partial charge in [-0.2, -0.15) is 0 Å². The number of carbonyl (C=O) groups is 4. The van der Waals surface area contributed by atoms with Gasteiger partial charge in [0, 0.05) is 18.5 Å². The van der Waals surface area contributed by atoms with Gasteiger partial charge in [-0.25, -0.2) is 0 Å². The monoisotopic (exact) mass is 434 g/mol. The number of esters is 1. The number of benzene rings is 1. The zero-order valence-electron chi connectivity index (χ0n) is 17.9. The first-order valence-electron chi connectivity index (χ1n) is 10.2. The molecule has 0 aromatic heterocycles. The van der Waals surface area contributed by atoms with E-state index in [1.165, 1.54) is 11.8 Å². The van der Waals surface area contributed by atoms with Crippen LogP contribution in [0.2, 0.25) is 0 Å². The molecule has 7 nitrogen and oxygen atoms in total. The van der Waals surface area contributed by atoms with E-state index in [4.69, 9.17) is 10.5 Å². The van der Waals surface area contributed by atoms with Crippen LogP contribution >= 0.6 is 11.8 Å². The number of rotatable bonds is 8. The molecule has 1 aliphatic rings. The lowest BCUT2D eigenvalue weighted by Gasteiger charge is -2.28. The van der Waals surface area contributed by atoms with Crippen LogP contribution in [0.1, 0.15) is 39.7 Å². The summed E-state index contributed by atoms with van der Waals surface area (Å²) in [5.41, 5.74) is 7.61. The van der Waals surface area contributed by atoms with Crippen molar-refractivity contribution in [2.75, 3.05) is 18.1 Å². The molecule has 0 spiro atoms. The number of anilines is 1. The van der Waals surface area contributed by atoms with Crippen LogP contribution in [0.25, 0.3) is 0 Å². The smallest absolute Gasteiger partial charge is 0.326 e. The average Bonchev–Trinajstić information content (AvgIpc) is 2.81. The molecule has 8 heteroatoms. The molecule has 2 unspecified atom stereocenters. The lowest BCUT2D eigenvalue weighted by molar-refractivity contribution is -0.142. The molecule has 0 saturated carbocycles. The Hall–Kier alpha value is -2.19. The number of Topliss-reactive ketones (excluding diaryl/α,β-unsaturated/α-hetero) is 1. The Labute approximate surface area is 181 Å². The molecule has 1 heterocycles. The van der Waals surface area contributed by atoms with Crippen molar-refractivity contribution in [2.24, 2.45) is 17.6 Å². The zero-order chi connectivity index (χ0) is 22.4. The SMILES string of the molecule is CCOC(=O)CN1C(=O)C(N)C(C(=O)[C@@H](SC(C)=O)[C@@H](C)CC)Cc2ccccc21. The predicted molar refractivity (Wildman–Crippen MR) is 117 cm³/mol. The molecule has 30 heavy (non-hydrogen) atoms. The fourth-order valence-electron chi connectivity index (χ4n) is 3.62. The second-order valence-electron chi connectivity index (χ2n) is 7.51. The molecule has 164 valence electrons. The second-order valence-corrected chi connectivity index (χ2v) is 8.83. The first-order valence-corrected chi connectivity index (χ1v) is 11.1. The van der Waals surface area contributed by atoms with Gasteiger partial charge in [0.2, 0.25) is 5.91 Å². The summed E-state index contributed by atoms with van der Waals surface area (Å²) in [5.74, 6) is -2.05. The Kier molecular flexibility index (Phi) is 8.61. The standard InChI is InChI=1S/C22H30N2O5S/c1-5-13(3)21(30-14(4)25)20(27)16-11-15-9-7-8-10-17(15)24(22(28)19(16)23)12-18(26)29-6-2/h7-10,13,16,19,21H,5-6,11-12,23H2,1-4H3/t13-,16?,19?,21-/m0/s1. The van der Waals surface area contributed by atoms with E-state index in [-0.39, 0.29) is 36.4 Å². The minimum Gasteiger partial charge on any atom is -0.465 e. The summed E-state index contributed by atoms with van der Waals surface area (Å²) in [6, 6.07) is 6.04. The molecule has 2 rings (SSSR count). The van der Waals surface area contributed by atoms with Gasteiger partial charge in [-0.05, 0) is 30.9 Å². The van der Waals surface area contributed by atoms with Gasteiger partial charge < -0.3 is 10.5 Å². The van der Waals surface area contributed by atoms with Gasteiger partial charge in [-0.1, -0.05) is 50.2 Å². The van der Waals surface area contributed by atoms with E-state index in [9.17, 15) is 19.2 Å². The van der Waals surface area contributed by atoms with Crippen LogP contribution in [-0.4, -0.2) is 47.2 Å². The van der Waals surface area contributed by atoms with Crippen LogP contribution in [0.4, 0.5) is 5.69 Å². The van der Waals surface area contributed by atoms with Crippen molar-refractivity contribution in [3.63, 3.8) is 0 Å². The maximum absolute atomic E-state index is 13.5. The summed E-state index contributed by atoms with van der Waals surface area (Å²) < 4.78 is 5.00. The van der Waals surface area contributed by atoms with Gasteiger partial charge in [-0.15, -0.1) is 0 Å². The van der Waals surface area contributed by atoms with Crippen molar-refractivity contribution >= 4 is 40.2 Å². The molecule has 0 fully saturated rings. The maximum atomic E-state index is 13.5.